The Morgan fingerprint density at radius 2 is 1.42 bits per heavy atom. The smallest absolute Gasteiger partial charge is 0.260 e. The fourth-order valence-corrected chi connectivity index (χ4v) is 4.03. The van der Waals surface area contributed by atoms with Gasteiger partial charge in [0.2, 0.25) is 5.75 Å². The number of hydrogen-bond donors (Lipinski definition) is 0. The summed E-state index contributed by atoms with van der Waals surface area (Å²) in [6.07, 6.45) is 0. The molecule has 1 fully saturated rings. The van der Waals surface area contributed by atoms with Gasteiger partial charge in [-0.2, -0.15) is 0 Å². The van der Waals surface area contributed by atoms with E-state index >= 15 is 0 Å². The second-order valence-corrected chi connectivity index (χ2v) is 8.00. The molecule has 1 aliphatic rings. The number of piperazine rings is 1. The molecule has 0 atom stereocenters. The van der Waals surface area contributed by atoms with Crippen molar-refractivity contribution in [3.05, 3.63) is 48.5 Å². The van der Waals surface area contributed by atoms with Crippen LogP contribution in [-0.2, 0) is 4.79 Å². The van der Waals surface area contributed by atoms with Gasteiger partial charge in [-0.15, -0.1) is 10.2 Å². The Labute approximate surface area is 210 Å². The molecule has 1 amide bonds. The van der Waals surface area contributed by atoms with Gasteiger partial charge in [0.25, 0.3) is 5.91 Å². The predicted molar refractivity (Wildman–Crippen MR) is 134 cm³/mol. The van der Waals surface area contributed by atoms with Gasteiger partial charge in [-0.1, -0.05) is 12.1 Å². The van der Waals surface area contributed by atoms with Crippen molar-refractivity contribution >= 4 is 11.7 Å². The molecule has 0 bridgehead atoms. The van der Waals surface area contributed by atoms with E-state index in [-0.39, 0.29) is 12.5 Å². The summed E-state index contributed by atoms with van der Waals surface area (Å²) in [5, 5.41) is 8.83. The van der Waals surface area contributed by atoms with E-state index in [1.54, 1.807) is 45.5 Å². The largest absolute Gasteiger partial charge is 0.493 e. The lowest BCUT2D eigenvalue weighted by Crippen LogP contribution is -2.50. The Kier molecular flexibility index (Phi) is 7.94. The van der Waals surface area contributed by atoms with Gasteiger partial charge >= 0.3 is 0 Å². The molecule has 1 aromatic heterocycles. The van der Waals surface area contributed by atoms with Crippen molar-refractivity contribution in [3.63, 3.8) is 0 Å². The van der Waals surface area contributed by atoms with Crippen LogP contribution in [0.3, 0.4) is 0 Å². The van der Waals surface area contributed by atoms with Crippen LogP contribution in [0.5, 0.6) is 28.7 Å². The van der Waals surface area contributed by atoms with Crippen molar-refractivity contribution in [3.8, 4) is 40.0 Å². The van der Waals surface area contributed by atoms with Crippen LogP contribution in [0, 0.1) is 0 Å². The number of para-hydroxylation sites is 2. The van der Waals surface area contributed by atoms with Crippen molar-refractivity contribution in [2.75, 3.05) is 66.1 Å². The molecule has 0 saturated carbocycles. The number of carbonyl (C=O) groups is 1. The summed E-state index contributed by atoms with van der Waals surface area (Å²) in [5.74, 6) is 3.46. The number of methoxy groups -OCH3 is 4. The Morgan fingerprint density at radius 3 is 1.97 bits per heavy atom. The van der Waals surface area contributed by atoms with E-state index < -0.39 is 0 Å². The third-order valence-corrected chi connectivity index (χ3v) is 5.99. The van der Waals surface area contributed by atoms with Crippen LogP contribution in [0.1, 0.15) is 0 Å². The van der Waals surface area contributed by atoms with Gasteiger partial charge in [-0.05, 0) is 36.4 Å². The Balaban J connectivity index is 1.36. The number of nitrogens with zero attached hydrogens (tertiary/aromatic N) is 4. The van der Waals surface area contributed by atoms with Gasteiger partial charge in [0.1, 0.15) is 0 Å². The van der Waals surface area contributed by atoms with Gasteiger partial charge in [-0.25, -0.2) is 0 Å². The highest BCUT2D eigenvalue weighted by Gasteiger charge is 2.23. The number of benzene rings is 2. The topological polar surface area (TPSA) is 95.5 Å². The zero-order valence-corrected chi connectivity index (χ0v) is 20.9. The van der Waals surface area contributed by atoms with E-state index in [0.717, 1.165) is 11.4 Å². The van der Waals surface area contributed by atoms with Crippen molar-refractivity contribution in [2.24, 2.45) is 0 Å². The highest BCUT2D eigenvalue weighted by atomic mass is 16.5. The lowest BCUT2D eigenvalue weighted by molar-refractivity contribution is -0.133. The van der Waals surface area contributed by atoms with E-state index in [4.69, 9.17) is 23.7 Å². The maximum atomic E-state index is 12.7. The van der Waals surface area contributed by atoms with Gasteiger partial charge in [0.05, 0.1) is 34.1 Å². The third-order valence-electron chi connectivity index (χ3n) is 5.99. The fraction of sp³-hybridized carbons (Fsp3) is 0.346. The molecule has 0 N–H and O–H groups in total. The molecule has 190 valence electrons. The number of hydrogen-bond acceptors (Lipinski definition) is 9. The van der Waals surface area contributed by atoms with E-state index in [0.29, 0.717) is 60.6 Å². The number of rotatable bonds is 9. The summed E-state index contributed by atoms with van der Waals surface area (Å²) in [7, 11) is 6.29. The Hall–Kier alpha value is -4.21. The normalized spacial score (nSPS) is 13.2. The molecule has 4 rings (SSSR count). The summed E-state index contributed by atoms with van der Waals surface area (Å²) >= 11 is 0. The lowest BCUT2D eigenvalue weighted by Gasteiger charge is -2.35. The molecule has 1 saturated heterocycles. The summed E-state index contributed by atoms with van der Waals surface area (Å²) in [4.78, 5) is 16.6. The maximum Gasteiger partial charge on any atom is 0.260 e. The molecule has 2 aromatic carbocycles. The Bertz CT molecular complexity index is 1150. The van der Waals surface area contributed by atoms with E-state index in [9.17, 15) is 4.79 Å². The monoisotopic (exact) mass is 494 g/mol. The molecule has 10 heteroatoms. The predicted octanol–water partition coefficient (Wildman–Crippen LogP) is 2.91. The van der Waals surface area contributed by atoms with Crippen LogP contribution >= 0.6 is 0 Å². The van der Waals surface area contributed by atoms with Crippen LogP contribution in [0.2, 0.25) is 0 Å². The van der Waals surface area contributed by atoms with Gasteiger partial charge in [-0.3, -0.25) is 4.79 Å². The number of anilines is 1. The zero-order chi connectivity index (χ0) is 25.5. The SMILES string of the molecule is COc1ccccc1OCC(=O)N1CCN(c2ccc(-c3cc(OC)c(OC)c(OC)c3)nn2)CC1. The summed E-state index contributed by atoms with van der Waals surface area (Å²) in [6, 6.07) is 14.8. The van der Waals surface area contributed by atoms with Crippen LogP contribution in [0.15, 0.2) is 48.5 Å². The fourth-order valence-electron chi connectivity index (χ4n) is 4.03. The molecule has 0 aliphatic carbocycles. The minimum Gasteiger partial charge on any atom is -0.493 e. The number of carbonyl (C=O) groups excluding carboxylic acids is 1. The number of ether oxygens (including phenoxy) is 5. The van der Waals surface area contributed by atoms with Gasteiger partial charge < -0.3 is 33.5 Å². The van der Waals surface area contributed by atoms with Crippen molar-refractivity contribution in [1.29, 1.82) is 0 Å². The van der Waals surface area contributed by atoms with E-state index in [2.05, 4.69) is 15.1 Å². The summed E-state index contributed by atoms with van der Waals surface area (Å²) in [6.45, 7) is 2.41. The quantitative estimate of drug-likeness (QED) is 0.445. The second-order valence-electron chi connectivity index (χ2n) is 8.00. The molecule has 0 radical (unpaired) electrons. The number of aromatic nitrogens is 2. The second kappa shape index (κ2) is 11.5. The summed E-state index contributed by atoms with van der Waals surface area (Å²) < 4.78 is 27.2. The molecular formula is C26H30N4O6. The van der Waals surface area contributed by atoms with Crippen molar-refractivity contribution in [1.82, 2.24) is 15.1 Å². The van der Waals surface area contributed by atoms with E-state index in [1.807, 2.05) is 36.4 Å². The minimum absolute atomic E-state index is 0.0380. The molecule has 2 heterocycles. The summed E-state index contributed by atoms with van der Waals surface area (Å²) in [5.41, 5.74) is 1.48. The molecule has 1 aliphatic heterocycles. The van der Waals surface area contributed by atoms with Crippen molar-refractivity contribution in [2.45, 2.75) is 0 Å². The first kappa shape index (κ1) is 24.9. The van der Waals surface area contributed by atoms with Gasteiger partial charge in [0.15, 0.2) is 35.4 Å². The Morgan fingerprint density at radius 1 is 0.778 bits per heavy atom. The molecule has 0 unspecified atom stereocenters. The average Bonchev–Trinajstić information content (AvgIpc) is 2.95. The highest BCUT2D eigenvalue weighted by molar-refractivity contribution is 5.78. The highest BCUT2D eigenvalue weighted by Crippen LogP contribution is 2.40. The van der Waals surface area contributed by atoms with Crippen LogP contribution < -0.4 is 28.6 Å². The number of amides is 1. The average molecular weight is 495 g/mol. The van der Waals surface area contributed by atoms with Crippen molar-refractivity contribution < 1.29 is 28.5 Å². The van der Waals surface area contributed by atoms with Crippen LogP contribution in [-0.4, -0.2) is 82.2 Å². The van der Waals surface area contributed by atoms with E-state index in [1.165, 1.54) is 0 Å². The third kappa shape index (κ3) is 5.37. The van der Waals surface area contributed by atoms with Crippen LogP contribution in [0.25, 0.3) is 11.3 Å². The minimum atomic E-state index is -0.0654. The molecule has 3 aromatic rings. The first-order valence-corrected chi connectivity index (χ1v) is 11.5. The first-order valence-electron chi connectivity index (χ1n) is 11.5. The van der Waals surface area contributed by atoms with Gasteiger partial charge in [0, 0.05) is 31.7 Å². The maximum absolute atomic E-state index is 12.7. The standard InChI is InChI=1S/C26H30N4O6/c1-32-20-7-5-6-8-21(20)36-17-25(31)30-13-11-29(12-14-30)24-10-9-19(27-28-24)18-15-22(33-2)26(35-4)23(16-18)34-3/h5-10,15-16H,11-14,17H2,1-4H3. The molecular weight excluding hydrogens is 464 g/mol. The molecule has 36 heavy (non-hydrogen) atoms. The molecule has 0 spiro atoms. The lowest BCUT2D eigenvalue weighted by atomic mass is 10.1. The van der Waals surface area contributed by atoms with Crippen LogP contribution in [0.4, 0.5) is 5.82 Å². The zero-order valence-electron chi connectivity index (χ0n) is 20.9. The first-order chi connectivity index (χ1) is 17.6. The molecule has 10 nitrogen and oxygen atoms in total.